The molecule has 0 radical (unpaired) electrons. The molecule has 0 saturated carbocycles. The van der Waals surface area contributed by atoms with E-state index in [9.17, 15) is 9.59 Å². The number of carbonyl (C=O) groups excluding carboxylic acids is 1. The van der Waals surface area contributed by atoms with Crippen LogP contribution in [0.3, 0.4) is 0 Å². The third-order valence-electron chi connectivity index (χ3n) is 3.80. The van der Waals surface area contributed by atoms with Gasteiger partial charge in [0.15, 0.2) is 0 Å². The molecule has 2 aromatic heterocycles. The van der Waals surface area contributed by atoms with Crippen LogP contribution in [0.15, 0.2) is 67.4 Å². The van der Waals surface area contributed by atoms with E-state index in [0.29, 0.717) is 32.3 Å². The molecule has 0 aliphatic rings. The van der Waals surface area contributed by atoms with Crippen LogP contribution < -0.4 is 10.9 Å². The molecule has 0 aliphatic carbocycles. The third-order valence-corrected chi connectivity index (χ3v) is 5.16. The number of halogens is 2. The second-order valence-corrected chi connectivity index (χ2v) is 7.61. The summed E-state index contributed by atoms with van der Waals surface area (Å²) < 4.78 is 10.6. The molecule has 0 unspecified atom stereocenters. The van der Waals surface area contributed by atoms with Gasteiger partial charge in [-0.1, -0.05) is 35.0 Å². The predicted molar refractivity (Wildman–Crippen MR) is 112 cm³/mol. The Hall–Kier alpha value is -2.81. The summed E-state index contributed by atoms with van der Waals surface area (Å²) in [5, 5.41) is 12.5. The first-order chi connectivity index (χ1) is 14.0. The van der Waals surface area contributed by atoms with Crippen molar-refractivity contribution in [2.45, 2.75) is 5.22 Å². The van der Waals surface area contributed by atoms with Gasteiger partial charge in [-0.25, -0.2) is 4.79 Å². The summed E-state index contributed by atoms with van der Waals surface area (Å²) in [4.78, 5) is 23.4. The molecule has 0 fully saturated rings. The molecule has 1 N–H and O–H groups in total. The zero-order valence-corrected chi connectivity index (χ0v) is 16.8. The SMILES string of the molecule is O=C(CSc1nnc(-c2ccc(Cl)cc2Cl)o1)Nc1ccc2oc(=O)ccc2c1. The van der Waals surface area contributed by atoms with E-state index in [2.05, 4.69) is 15.5 Å². The van der Waals surface area contributed by atoms with Crippen molar-refractivity contribution in [1.29, 1.82) is 0 Å². The van der Waals surface area contributed by atoms with E-state index in [1.165, 1.54) is 6.07 Å². The number of hydrogen-bond donors (Lipinski definition) is 1. The quantitative estimate of drug-likeness (QED) is 0.343. The van der Waals surface area contributed by atoms with Crippen molar-refractivity contribution in [2.75, 3.05) is 11.1 Å². The van der Waals surface area contributed by atoms with Gasteiger partial charge in [0.2, 0.25) is 11.8 Å². The van der Waals surface area contributed by atoms with Crippen LogP contribution in [-0.4, -0.2) is 21.9 Å². The van der Waals surface area contributed by atoms with Crippen LogP contribution in [0, 0.1) is 0 Å². The van der Waals surface area contributed by atoms with Gasteiger partial charge < -0.3 is 14.2 Å². The Morgan fingerprint density at radius 1 is 1.03 bits per heavy atom. The molecule has 0 aliphatic heterocycles. The van der Waals surface area contributed by atoms with E-state index in [0.717, 1.165) is 11.8 Å². The van der Waals surface area contributed by atoms with Crippen molar-refractivity contribution < 1.29 is 13.6 Å². The average Bonchev–Trinajstić information content (AvgIpc) is 3.15. The highest BCUT2D eigenvalue weighted by Crippen LogP contribution is 2.31. The van der Waals surface area contributed by atoms with Crippen molar-refractivity contribution >= 4 is 57.5 Å². The average molecular weight is 448 g/mol. The fourth-order valence-corrected chi connectivity index (χ4v) is 3.57. The fourth-order valence-electron chi connectivity index (χ4n) is 2.51. The number of nitrogens with zero attached hydrogens (tertiary/aromatic N) is 2. The van der Waals surface area contributed by atoms with Crippen LogP contribution in [0.5, 0.6) is 0 Å². The molecule has 2 aromatic carbocycles. The minimum absolute atomic E-state index is 0.0674. The van der Waals surface area contributed by atoms with E-state index < -0.39 is 5.63 Å². The third kappa shape index (κ3) is 4.61. The van der Waals surface area contributed by atoms with Crippen molar-refractivity contribution in [3.63, 3.8) is 0 Å². The van der Waals surface area contributed by atoms with Gasteiger partial charge in [-0.3, -0.25) is 4.79 Å². The molecule has 0 atom stereocenters. The Morgan fingerprint density at radius 3 is 2.72 bits per heavy atom. The molecular formula is C19H11Cl2N3O4S. The number of aromatic nitrogens is 2. The van der Waals surface area contributed by atoms with E-state index in [4.69, 9.17) is 32.0 Å². The maximum absolute atomic E-state index is 12.2. The molecule has 0 saturated heterocycles. The van der Waals surface area contributed by atoms with Crippen LogP contribution in [0.1, 0.15) is 0 Å². The monoisotopic (exact) mass is 447 g/mol. The van der Waals surface area contributed by atoms with Crippen LogP contribution in [-0.2, 0) is 4.79 Å². The summed E-state index contributed by atoms with van der Waals surface area (Å²) in [7, 11) is 0. The first-order valence-corrected chi connectivity index (χ1v) is 9.97. The second-order valence-electron chi connectivity index (χ2n) is 5.84. The van der Waals surface area contributed by atoms with Crippen molar-refractivity contribution in [2.24, 2.45) is 0 Å². The lowest BCUT2D eigenvalue weighted by Gasteiger charge is -2.05. The van der Waals surface area contributed by atoms with Gasteiger partial charge in [-0.05, 0) is 42.5 Å². The highest BCUT2D eigenvalue weighted by molar-refractivity contribution is 7.99. The van der Waals surface area contributed by atoms with Gasteiger partial charge in [-0.2, -0.15) is 0 Å². The molecule has 7 nitrogen and oxygen atoms in total. The Labute approximate surface area is 178 Å². The molecule has 4 aromatic rings. The molecule has 29 heavy (non-hydrogen) atoms. The molecule has 146 valence electrons. The Bertz CT molecular complexity index is 1270. The molecule has 1 amide bonds. The zero-order chi connectivity index (χ0) is 20.4. The van der Waals surface area contributed by atoms with E-state index >= 15 is 0 Å². The van der Waals surface area contributed by atoms with E-state index in [1.54, 1.807) is 42.5 Å². The van der Waals surface area contributed by atoms with Gasteiger partial charge in [0.05, 0.1) is 16.3 Å². The smallest absolute Gasteiger partial charge is 0.336 e. The summed E-state index contributed by atoms with van der Waals surface area (Å²) in [6.07, 6.45) is 0. The van der Waals surface area contributed by atoms with Crippen LogP contribution in [0.4, 0.5) is 5.69 Å². The molecular weight excluding hydrogens is 437 g/mol. The lowest BCUT2D eigenvalue weighted by Crippen LogP contribution is -2.14. The number of hydrogen-bond acceptors (Lipinski definition) is 7. The summed E-state index contributed by atoms with van der Waals surface area (Å²) in [6, 6.07) is 12.9. The number of anilines is 1. The second kappa shape index (κ2) is 8.28. The lowest BCUT2D eigenvalue weighted by molar-refractivity contribution is -0.113. The molecule has 4 rings (SSSR count). The summed E-state index contributed by atoms with van der Waals surface area (Å²) in [5.41, 5.74) is 1.16. The van der Waals surface area contributed by atoms with E-state index in [1.807, 2.05) is 0 Å². The Morgan fingerprint density at radius 2 is 1.90 bits per heavy atom. The Kier molecular flexibility index (Phi) is 5.57. The Balaban J connectivity index is 1.39. The van der Waals surface area contributed by atoms with Crippen molar-refractivity contribution in [3.8, 4) is 11.5 Å². The molecule has 0 spiro atoms. The van der Waals surface area contributed by atoms with Crippen LogP contribution >= 0.6 is 35.0 Å². The minimum Gasteiger partial charge on any atom is -0.423 e. The fraction of sp³-hybridized carbons (Fsp3) is 0.0526. The minimum atomic E-state index is -0.426. The maximum Gasteiger partial charge on any atom is 0.336 e. The first-order valence-electron chi connectivity index (χ1n) is 8.23. The zero-order valence-electron chi connectivity index (χ0n) is 14.5. The number of rotatable bonds is 5. The standard InChI is InChI=1S/C19H11Cl2N3O4S/c20-11-2-4-13(14(21)8-11)18-23-24-19(28-18)29-9-16(25)22-12-3-5-15-10(7-12)1-6-17(26)27-15/h1-8H,9H2,(H,22,25). The van der Waals surface area contributed by atoms with Crippen molar-refractivity contribution in [1.82, 2.24) is 10.2 Å². The van der Waals surface area contributed by atoms with Crippen molar-refractivity contribution in [3.05, 3.63) is 69.0 Å². The van der Waals surface area contributed by atoms with Gasteiger partial charge >= 0.3 is 5.63 Å². The summed E-state index contributed by atoms with van der Waals surface area (Å²) in [6.45, 7) is 0. The maximum atomic E-state index is 12.2. The summed E-state index contributed by atoms with van der Waals surface area (Å²) in [5.74, 6) is 0.0550. The van der Waals surface area contributed by atoms with Gasteiger partial charge in [0.1, 0.15) is 5.58 Å². The first kappa shape index (κ1) is 19.5. The number of carbonyl (C=O) groups is 1. The topological polar surface area (TPSA) is 98.2 Å². The highest BCUT2D eigenvalue weighted by Gasteiger charge is 2.14. The van der Waals surface area contributed by atoms with Crippen LogP contribution in [0.2, 0.25) is 10.0 Å². The predicted octanol–water partition coefficient (Wildman–Crippen LogP) is 4.88. The number of amides is 1. The van der Waals surface area contributed by atoms with Crippen LogP contribution in [0.25, 0.3) is 22.4 Å². The molecule has 10 heteroatoms. The molecule has 0 bridgehead atoms. The highest BCUT2D eigenvalue weighted by atomic mass is 35.5. The van der Waals surface area contributed by atoms with Gasteiger partial charge in [0.25, 0.3) is 5.22 Å². The number of fused-ring (bicyclic) bond motifs is 1. The number of benzene rings is 2. The summed E-state index contributed by atoms with van der Waals surface area (Å²) >= 11 is 13.1. The largest absolute Gasteiger partial charge is 0.423 e. The lowest BCUT2D eigenvalue weighted by atomic mass is 10.2. The van der Waals surface area contributed by atoms with Gasteiger partial charge in [0, 0.05) is 22.2 Å². The van der Waals surface area contributed by atoms with Gasteiger partial charge in [-0.15, -0.1) is 10.2 Å². The normalized spacial score (nSPS) is 11.0. The number of thioether (sulfide) groups is 1. The van der Waals surface area contributed by atoms with E-state index in [-0.39, 0.29) is 22.8 Å². The molecule has 2 heterocycles. The number of nitrogens with one attached hydrogen (secondary N) is 1.